The van der Waals surface area contributed by atoms with Crippen molar-refractivity contribution in [1.29, 1.82) is 0 Å². The minimum absolute atomic E-state index is 0.791. The third-order valence-corrected chi connectivity index (χ3v) is 4.70. The molecule has 0 aliphatic carbocycles. The van der Waals surface area contributed by atoms with Crippen LogP contribution in [0.1, 0.15) is 5.56 Å². The van der Waals surface area contributed by atoms with Crippen LogP contribution in [0, 0.1) is 6.92 Å². The van der Waals surface area contributed by atoms with Crippen LogP contribution in [0.3, 0.4) is 0 Å². The molecule has 3 aromatic rings. The van der Waals surface area contributed by atoms with E-state index in [1.807, 2.05) is 24.3 Å². The van der Waals surface area contributed by atoms with Crippen molar-refractivity contribution in [3.8, 4) is 0 Å². The van der Waals surface area contributed by atoms with E-state index in [0.29, 0.717) is 0 Å². The minimum Gasteiger partial charge on any atom is -0.399 e. The molecule has 90 valence electrons. The molecule has 0 aliphatic rings. The van der Waals surface area contributed by atoms with Crippen LogP contribution in [-0.4, -0.2) is 4.98 Å². The van der Waals surface area contributed by atoms with Gasteiger partial charge in [-0.3, -0.25) is 0 Å². The van der Waals surface area contributed by atoms with E-state index in [4.69, 9.17) is 5.73 Å². The molecule has 18 heavy (non-hydrogen) atoms. The first kappa shape index (κ1) is 11.6. The van der Waals surface area contributed by atoms with Gasteiger partial charge in [-0.05, 0) is 48.9 Å². The number of nitrogens with two attached hydrogens (primary N) is 1. The van der Waals surface area contributed by atoms with Crippen molar-refractivity contribution >= 4 is 39.0 Å². The van der Waals surface area contributed by atoms with Gasteiger partial charge in [-0.25, -0.2) is 4.98 Å². The average Bonchev–Trinajstić information content (AvgIpc) is 2.73. The Morgan fingerprint density at radius 2 is 1.89 bits per heavy atom. The van der Waals surface area contributed by atoms with E-state index in [0.717, 1.165) is 15.5 Å². The maximum Gasteiger partial charge on any atom is 0.155 e. The zero-order valence-corrected chi connectivity index (χ0v) is 11.5. The molecule has 0 radical (unpaired) electrons. The van der Waals surface area contributed by atoms with Crippen LogP contribution < -0.4 is 5.73 Å². The molecule has 0 saturated carbocycles. The SMILES string of the molecule is Cc1ccc2nc(Sc3ccc(N)cc3)sc2c1. The molecule has 0 spiro atoms. The summed E-state index contributed by atoms with van der Waals surface area (Å²) in [5.41, 5.74) is 8.81. The van der Waals surface area contributed by atoms with Crippen molar-refractivity contribution in [2.75, 3.05) is 5.73 Å². The third kappa shape index (κ3) is 2.35. The summed E-state index contributed by atoms with van der Waals surface area (Å²) >= 11 is 3.41. The lowest BCUT2D eigenvalue weighted by atomic mass is 10.2. The Hall–Kier alpha value is -1.52. The predicted molar refractivity (Wildman–Crippen MR) is 79.3 cm³/mol. The van der Waals surface area contributed by atoms with E-state index in [1.54, 1.807) is 23.1 Å². The molecule has 0 fully saturated rings. The van der Waals surface area contributed by atoms with Crippen molar-refractivity contribution in [1.82, 2.24) is 4.98 Å². The monoisotopic (exact) mass is 272 g/mol. The summed E-state index contributed by atoms with van der Waals surface area (Å²) in [5.74, 6) is 0. The van der Waals surface area contributed by atoms with Crippen LogP contribution in [0.15, 0.2) is 51.7 Å². The maximum absolute atomic E-state index is 5.68. The smallest absolute Gasteiger partial charge is 0.155 e. The highest BCUT2D eigenvalue weighted by atomic mass is 32.2. The maximum atomic E-state index is 5.68. The second-order valence-electron chi connectivity index (χ2n) is 4.12. The van der Waals surface area contributed by atoms with Gasteiger partial charge in [-0.2, -0.15) is 0 Å². The molecular weight excluding hydrogens is 260 g/mol. The Balaban J connectivity index is 1.92. The fourth-order valence-electron chi connectivity index (χ4n) is 1.69. The van der Waals surface area contributed by atoms with Crippen LogP contribution in [0.4, 0.5) is 5.69 Å². The Morgan fingerprint density at radius 1 is 1.11 bits per heavy atom. The van der Waals surface area contributed by atoms with Crippen molar-refractivity contribution < 1.29 is 0 Å². The van der Waals surface area contributed by atoms with Gasteiger partial charge < -0.3 is 5.73 Å². The van der Waals surface area contributed by atoms with E-state index in [9.17, 15) is 0 Å². The van der Waals surface area contributed by atoms with Gasteiger partial charge in [0, 0.05) is 10.6 Å². The summed E-state index contributed by atoms with van der Waals surface area (Å²) in [6.45, 7) is 2.10. The van der Waals surface area contributed by atoms with Crippen molar-refractivity contribution in [2.45, 2.75) is 16.2 Å². The first-order valence-corrected chi connectivity index (χ1v) is 7.24. The molecule has 3 rings (SSSR count). The molecular formula is C14H12N2S2. The van der Waals surface area contributed by atoms with E-state index < -0.39 is 0 Å². The fraction of sp³-hybridized carbons (Fsp3) is 0.0714. The number of hydrogen-bond acceptors (Lipinski definition) is 4. The highest BCUT2D eigenvalue weighted by Gasteiger charge is 2.05. The zero-order valence-electron chi connectivity index (χ0n) is 9.88. The first-order chi connectivity index (χ1) is 8.70. The first-order valence-electron chi connectivity index (χ1n) is 5.61. The molecule has 2 aromatic carbocycles. The van der Waals surface area contributed by atoms with E-state index in [1.165, 1.54) is 15.2 Å². The van der Waals surface area contributed by atoms with Crippen LogP contribution in [0.2, 0.25) is 0 Å². The van der Waals surface area contributed by atoms with Crippen molar-refractivity contribution in [3.63, 3.8) is 0 Å². The van der Waals surface area contributed by atoms with Gasteiger partial charge >= 0.3 is 0 Å². The minimum atomic E-state index is 0.791. The largest absolute Gasteiger partial charge is 0.399 e. The molecule has 1 heterocycles. The number of nitrogens with zero attached hydrogens (tertiary/aromatic N) is 1. The number of thiazole rings is 1. The van der Waals surface area contributed by atoms with E-state index in [-0.39, 0.29) is 0 Å². The second kappa shape index (κ2) is 4.63. The van der Waals surface area contributed by atoms with Crippen LogP contribution in [-0.2, 0) is 0 Å². The number of aryl methyl sites for hydroxylation is 1. The van der Waals surface area contributed by atoms with Gasteiger partial charge in [-0.1, -0.05) is 17.8 Å². The molecule has 0 unspecified atom stereocenters. The number of aromatic nitrogens is 1. The molecule has 0 bridgehead atoms. The number of nitrogen functional groups attached to an aromatic ring is 1. The highest BCUT2D eigenvalue weighted by Crippen LogP contribution is 2.34. The topological polar surface area (TPSA) is 38.9 Å². The number of fused-ring (bicyclic) bond motifs is 1. The summed E-state index contributed by atoms with van der Waals surface area (Å²) in [5, 5.41) is 0. The van der Waals surface area contributed by atoms with Gasteiger partial charge in [0.15, 0.2) is 4.34 Å². The van der Waals surface area contributed by atoms with Crippen LogP contribution in [0.25, 0.3) is 10.2 Å². The summed E-state index contributed by atoms with van der Waals surface area (Å²) in [6, 6.07) is 14.2. The summed E-state index contributed by atoms with van der Waals surface area (Å²) in [7, 11) is 0. The van der Waals surface area contributed by atoms with E-state index >= 15 is 0 Å². The number of hydrogen-bond donors (Lipinski definition) is 1. The lowest BCUT2D eigenvalue weighted by Gasteiger charge is -1.97. The summed E-state index contributed by atoms with van der Waals surface area (Å²) in [4.78, 5) is 5.79. The van der Waals surface area contributed by atoms with E-state index in [2.05, 4.69) is 30.1 Å². The zero-order chi connectivity index (χ0) is 12.5. The number of benzene rings is 2. The molecule has 0 amide bonds. The molecule has 2 N–H and O–H groups in total. The third-order valence-electron chi connectivity index (χ3n) is 2.61. The summed E-state index contributed by atoms with van der Waals surface area (Å²) < 4.78 is 2.31. The van der Waals surface area contributed by atoms with Crippen LogP contribution in [0.5, 0.6) is 0 Å². The quantitative estimate of drug-likeness (QED) is 0.705. The average molecular weight is 272 g/mol. The van der Waals surface area contributed by atoms with Gasteiger partial charge in [0.2, 0.25) is 0 Å². The molecule has 0 aliphatic heterocycles. The van der Waals surface area contributed by atoms with Gasteiger partial charge in [0.05, 0.1) is 10.2 Å². The Labute approximate surface area is 114 Å². The molecule has 0 saturated heterocycles. The van der Waals surface area contributed by atoms with Gasteiger partial charge in [0.25, 0.3) is 0 Å². The molecule has 4 heteroatoms. The predicted octanol–water partition coefficient (Wildman–Crippen LogP) is 4.34. The Bertz CT molecular complexity index is 687. The normalized spacial score (nSPS) is 10.9. The van der Waals surface area contributed by atoms with Crippen LogP contribution >= 0.6 is 23.1 Å². The molecule has 1 aromatic heterocycles. The lowest BCUT2D eigenvalue weighted by molar-refractivity contribution is 1.29. The van der Waals surface area contributed by atoms with Crippen molar-refractivity contribution in [2.24, 2.45) is 0 Å². The van der Waals surface area contributed by atoms with Gasteiger partial charge in [0.1, 0.15) is 0 Å². The number of anilines is 1. The Kier molecular flexibility index (Phi) is 2.97. The van der Waals surface area contributed by atoms with Gasteiger partial charge in [-0.15, -0.1) is 11.3 Å². The second-order valence-corrected chi connectivity index (χ2v) is 6.47. The standard InChI is InChI=1S/C14H12N2S2/c1-9-2-7-12-13(8-9)18-14(16-12)17-11-5-3-10(15)4-6-11/h2-8H,15H2,1H3. The Morgan fingerprint density at radius 3 is 2.67 bits per heavy atom. The molecule has 0 atom stereocenters. The number of rotatable bonds is 2. The highest BCUT2D eigenvalue weighted by molar-refractivity contribution is 8.01. The summed E-state index contributed by atoms with van der Waals surface area (Å²) in [6.07, 6.45) is 0. The molecule has 2 nitrogen and oxygen atoms in total. The fourth-order valence-corrected chi connectivity index (χ4v) is 3.83. The lowest BCUT2D eigenvalue weighted by Crippen LogP contribution is -1.82. The van der Waals surface area contributed by atoms with Crippen molar-refractivity contribution in [3.05, 3.63) is 48.0 Å².